The van der Waals surface area contributed by atoms with Crippen LogP contribution in [0, 0.1) is 16.2 Å². The van der Waals surface area contributed by atoms with E-state index in [2.05, 4.69) is 6.07 Å². The summed E-state index contributed by atoms with van der Waals surface area (Å²) in [4.78, 5) is 21.2. The van der Waals surface area contributed by atoms with E-state index in [9.17, 15) is 14.9 Å². The van der Waals surface area contributed by atoms with Gasteiger partial charge < -0.3 is 5.11 Å². The van der Waals surface area contributed by atoms with E-state index in [0.29, 0.717) is 11.1 Å². The van der Waals surface area contributed by atoms with E-state index in [0.717, 1.165) is 6.07 Å². The van der Waals surface area contributed by atoms with Crippen LogP contribution in [0.2, 0.25) is 0 Å². The fraction of sp³-hybridized carbons (Fsp3) is 0. The largest absolute Gasteiger partial charge is 0.478 e. The molecule has 0 unspecified atom stereocenters. The van der Waals surface area contributed by atoms with Gasteiger partial charge >= 0.3 is 5.97 Å². The maximum Gasteiger partial charge on any atom is 0.335 e. The van der Waals surface area contributed by atoms with Gasteiger partial charge in [-0.25, -0.2) is 4.79 Å². The van der Waals surface area contributed by atoms with Gasteiger partial charge in [-0.3, -0.25) is 10.1 Å². The van der Waals surface area contributed by atoms with Crippen molar-refractivity contribution in [2.45, 2.75) is 0 Å². The summed E-state index contributed by atoms with van der Waals surface area (Å²) in [5.41, 5.74) is 0.713. The minimum absolute atomic E-state index is 0.104. The number of hydrogen-bond donors (Lipinski definition) is 1. The number of carbonyl (C=O) groups is 1. The van der Waals surface area contributed by atoms with Gasteiger partial charge in [0, 0.05) is 6.07 Å². The average molecular weight is 242 g/mol. The predicted molar refractivity (Wildman–Crippen MR) is 64.3 cm³/mol. The highest BCUT2D eigenvalue weighted by Crippen LogP contribution is 2.30. The summed E-state index contributed by atoms with van der Waals surface area (Å²) >= 11 is 0. The van der Waals surface area contributed by atoms with Gasteiger partial charge in [-0.15, -0.1) is 0 Å². The summed E-state index contributed by atoms with van der Waals surface area (Å²) < 4.78 is 0. The lowest BCUT2D eigenvalue weighted by atomic mass is 10.0. The van der Waals surface area contributed by atoms with Gasteiger partial charge in [0.15, 0.2) is 0 Å². The lowest BCUT2D eigenvalue weighted by molar-refractivity contribution is -0.384. The van der Waals surface area contributed by atoms with Crippen LogP contribution in [-0.4, -0.2) is 16.0 Å². The predicted octanol–water partition coefficient (Wildman–Crippen LogP) is 2.76. The quantitative estimate of drug-likeness (QED) is 0.662. The molecule has 0 spiro atoms. The summed E-state index contributed by atoms with van der Waals surface area (Å²) in [6.07, 6.45) is 0. The van der Waals surface area contributed by atoms with Gasteiger partial charge in [0.1, 0.15) is 0 Å². The van der Waals surface area contributed by atoms with Crippen LogP contribution < -0.4 is 0 Å². The van der Waals surface area contributed by atoms with E-state index in [1.165, 1.54) is 12.1 Å². The summed E-state index contributed by atoms with van der Waals surface area (Å²) in [6.45, 7) is 0. The van der Waals surface area contributed by atoms with Crippen LogP contribution in [0.25, 0.3) is 11.1 Å². The monoisotopic (exact) mass is 242 g/mol. The van der Waals surface area contributed by atoms with Crippen LogP contribution in [0.15, 0.2) is 42.5 Å². The number of nitrogens with zero attached hydrogens (tertiary/aromatic N) is 1. The smallest absolute Gasteiger partial charge is 0.335 e. The second-order valence-electron chi connectivity index (χ2n) is 3.58. The lowest BCUT2D eigenvalue weighted by Crippen LogP contribution is -1.99. The number of aromatic carboxylic acids is 1. The molecule has 0 amide bonds. The summed E-state index contributed by atoms with van der Waals surface area (Å²) in [7, 11) is 0. The number of nitro benzene ring substituents is 1. The molecule has 1 N–H and O–H groups in total. The Morgan fingerprint density at radius 2 is 1.89 bits per heavy atom. The first-order valence-corrected chi connectivity index (χ1v) is 5.08. The van der Waals surface area contributed by atoms with Crippen molar-refractivity contribution in [1.82, 2.24) is 0 Å². The molecule has 0 aliphatic carbocycles. The first kappa shape index (κ1) is 11.8. The maximum atomic E-state index is 11.0. The number of benzene rings is 2. The Kier molecular flexibility index (Phi) is 3.05. The van der Waals surface area contributed by atoms with Gasteiger partial charge in [-0.2, -0.15) is 0 Å². The molecule has 2 aromatic carbocycles. The van der Waals surface area contributed by atoms with Crippen LogP contribution in [0.4, 0.5) is 5.69 Å². The van der Waals surface area contributed by atoms with Crippen molar-refractivity contribution in [2.24, 2.45) is 0 Å². The minimum Gasteiger partial charge on any atom is -0.478 e. The van der Waals surface area contributed by atoms with E-state index >= 15 is 0 Å². The van der Waals surface area contributed by atoms with Crippen LogP contribution in [-0.2, 0) is 0 Å². The van der Waals surface area contributed by atoms with Crippen LogP contribution in [0.3, 0.4) is 0 Å². The normalized spacial score (nSPS) is 10.0. The summed E-state index contributed by atoms with van der Waals surface area (Å²) in [5.74, 6) is -1.19. The fourth-order valence-electron chi connectivity index (χ4n) is 1.63. The van der Waals surface area contributed by atoms with Crippen molar-refractivity contribution in [2.75, 3.05) is 0 Å². The number of carboxylic acid groups (broad SMARTS) is 1. The fourth-order valence-corrected chi connectivity index (χ4v) is 1.63. The Labute approximate surface area is 102 Å². The standard InChI is InChI=1S/C13H8NO4/c15-13(16)10-6-7-11(12(8-10)14(17)18)9-4-2-1-3-5-9/h2-8H,(H,15,16). The highest BCUT2D eigenvalue weighted by Gasteiger charge is 2.18. The van der Waals surface area contributed by atoms with E-state index in [4.69, 9.17) is 5.11 Å². The van der Waals surface area contributed by atoms with Gasteiger partial charge in [0.25, 0.3) is 5.69 Å². The molecule has 0 aromatic heterocycles. The molecule has 0 saturated heterocycles. The molecule has 0 fully saturated rings. The van der Waals surface area contributed by atoms with Crippen molar-refractivity contribution < 1.29 is 14.8 Å². The maximum absolute atomic E-state index is 11.0. The first-order chi connectivity index (χ1) is 8.59. The van der Waals surface area contributed by atoms with Gasteiger partial charge in [0.05, 0.1) is 16.1 Å². The topological polar surface area (TPSA) is 80.4 Å². The zero-order valence-corrected chi connectivity index (χ0v) is 9.16. The molecule has 89 valence electrons. The molecular weight excluding hydrogens is 234 g/mol. The number of hydrogen-bond acceptors (Lipinski definition) is 3. The Bertz CT molecular complexity index is 608. The van der Waals surface area contributed by atoms with E-state index in [1.807, 2.05) is 0 Å². The third-order valence-electron chi connectivity index (χ3n) is 2.47. The Balaban J connectivity index is 2.61. The SMILES string of the molecule is O=C(O)c1ccc(-c2cc[c]cc2)c([N+](=O)[O-])c1. The zero-order chi connectivity index (χ0) is 13.1. The molecule has 0 aliphatic rings. The number of rotatable bonds is 3. The minimum atomic E-state index is -1.19. The van der Waals surface area contributed by atoms with Crippen molar-refractivity contribution in [1.29, 1.82) is 0 Å². The van der Waals surface area contributed by atoms with Gasteiger partial charge in [-0.1, -0.05) is 24.3 Å². The third kappa shape index (κ3) is 2.20. The Morgan fingerprint density at radius 3 is 2.44 bits per heavy atom. The lowest BCUT2D eigenvalue weighted by Gasteiger charge is -2.04. The Morgan fingerprint density at radius 1 is 1.22 bits per heavy atom. The van der Waals surface area contributed by atoms with E-state index in [-0.39, 0.29) is 11.3 Å². The molecule has 0 aliphatic heterocycles. The zero-order valence-electron chi connectivity index (χ0n) is 9.16. The molecule has 0 atom stereocenters. The van der Waals surface area contributed by atoms with Gasteiger partial charge in [0.2, 0.25) is 0 Å². The molecule has 0 bridgehead atoms. The molecule has 18 heavy (non-hydrogen) atoms. The van der Waals surface area contributed by atoms with E-state index < -0.39 is 10.9 Å². The van der Waals surface area contributed by atoms with Crippen molar-refractivity contribution in [3.8, 4) is 11.1 Å². The highest BCUT2D eigenvalue weighted by atomic mass is 16.6. The van der Waals surface area contributed by atoms with Crippen LogP contribution >= 0.6 is 0 Å². The summed E-state index contributed by atoms with van der Waals surface area (Å²) in [6, 6.07) is 13.3. The van der Waals surface area contributed by atoms with Crippen molar-refractivity contribution in [3.05, 3.63) is 64.2 Å². The second kappa shape index (κ2) is 4.67. The van der Waals surface area contributed by atoms with E-state index in [1.54, 1.807) is 24.3 Å². The van der Waals surface area contributed by atoms with Gasteiger partial charge in [-0.05, 0) is 23.8 Å². The number of nitro groups is 1. The second-order valence-corrected chi connectivity index (χ2v) is 3.58. The van der Waals surface area contributed by atoms with Crippen LogP contribution in [0.5, 0.6) is 0 Å². The first-order valence-electron chi connectivity index (χ1n) is 5.08. The highest BCUT2D eigenvalue weighted by molar-refractivity contribution is 5.90. The molecule has 1 radical (unpaired) electrons. The molecule has 5 heteroatoms. The molecule has 0 heterocycles. The molecular formula is C13H8NO4. The van der Waals surface area contributed by atoms with Crippen molar-refractivity contribution >= 4 is 11.7 Å². The number of carboxylic acids is 1. The molecule has 2 rings (SSSR count). The van der Waals surface area contributed by atoms with Crippen LogP contribution in [0.1, 0.15) is 10.4 Å². The third-order valence-corrected chi connectivity index (χ3v) is 2.47. The average Bonchev–Trinajstić information content (AvgIpc) is 2.39. The van der Waals surface area contributed by atoms with Crippen molar-refractivity contribution in [3.63, 3.8) is 0 Å². The summed E-state index contributed by atoms with van der Waals surface area (Å²) in [5, 5.41) is 19.8. The molecule has 0 saturated carbocycles. The Hall–Kier alpha value is -2.69. The molecule has 2 aromatic rings. The molecule has 5 nitrogen and oxygen atoms in total.